The molecule has 0 saturated heterocycles. The number of unbranched alkanes of at least 4 members (excludes halogenated alkanes) is 3. The van der Waals surface area contributed by atoms with Gasteiger partial charge in [-0.3, -0.25) is 0 Å². The van der Waals surface area contributed by atoms with E-state index in [1.54, 1.807) is 18.2 Å². The predicted octanol–water partition coefficient (Wildman–Crippen LogP) is 9.31. The normalized spacial score (nSPS) is 17.1. The fraction of sp³-hybridized carbons (Fsp3) is 0.406. The minimum absolute atomic E-state index is 0.0183. The number of esters is 1. The molecule has 3 nitrogen and oxygen atoms in total. The zero-order valence-corrected chi connectivity index (χ0v) is 22.7. The van der Waals surface area contributed by atoms with Gasteiger partial charge in [-0.15, -0.1) is 0 Å². The van der Waals surface area contributed by atoms with Gasteiger partial charge in [0.2, 0.25) is 11.6 Å². The number of hydrogen-bond acceptors (Lipinski definition) is 3. The minimum atomic E-state index is -1.39. The molecular formula is C32H33F5O3. The molecule has 0 radical (unpaired) electrons. The Labute approximate surface area is 231 Å². The van der Waals surface area contributed by atoms with Crippen LogP contribution in [0.2, 0.25) is 0 Å². The highest BCUT2D eigenvalue weighted by atomic mass is 19.2. The van der Waals surface area contributed by atoms with Gasteiger partial charge in [0, 0.05) is 0 Å². The second-order valence-corrected chi connectivity index (χ2v) is 10.4. The monoisotopic (exact) mass is 560 g/mol. The molecule has 0 unspecified atom stereocenters. The van der Waals surface area contributed by atoms with Gasteiger partial charge in [0.25, 0.3) is 0 Å². The van der Waals surface area contributed by atoms with Crippen LogP contribution in [0.15, 0.2) is 42.5 Å². The van der Waals surface area contributed by atoms with E-state index in [0.717, 1.165) is 25.3 Å². The van der Waals surface area contributed by atoms with E-state index in [1.165, 1.54) is 25.1 Å². The number of hydrogen-bond donors (Lipinski definition) is 0. The molecule has 40 heavy (non-hydrogen) atoms. The van der Waals surface area contributed by atoms with Crippen molar-refractivity contribution in [2.24, 2.45) is 0 Å². The first kappa shape index (κ1) is 29.6. The van der Waals surface area contributed by atoms with Gasteiger partial charge in [-0.2, -0.15) is 8.78 Å². The molecule has 4 rings (SSSR count). The smallest absolute Gasteiger partial charge is 0.346 e. The Hall–Kier alpha value is -3.42. The third-order valence-corrected chi connectivity index (χ3v) is 7.63. The van der Waals surface area contributed by atoms with Crippen LogP contribution in [0.1, 0.15) is 97.2 Å². The molecule has 214 valence electrons. The molecule has 0 heterocycles. The molecule has 0 atom stereocenters. The van der Waals surface area contributed by atoms with Crippen LogP contribution in [0.3, 0.4) is 0 Å². The van der Waals surface area contributed by atoms with Crippen molar-refractivity contribution in [1.82, 2.24) is 0 Å². The molecule has 0 aliphatic heterocycles. The van der Waals surface area contributed by atoms with E-state index in [0.29, 0.717) is 43.2 Å². The van der Waals surface area contributed by atoms with Gasteiger partial charge in [0.1, 0.15) is 5.82 Å². The lowest BCUT2D eigenvalue weighted by Gasteiger charge is -2.29. The van der Waals surface area contributed by atoms with Crippen LogP contribution in [0.25, 0.3) is 0 Å². The Morgan fingerprint density at radius 3 is 2.15 bits per heavy atom. The van der Waals surface area contributed by atoms with Crippen molar-refractivity contribution in [3.8, 4) is 11.5 Å². The average Bonchev–Trinajstić information content (AvgIpc) is 2.95. The molecule has 1 aliphatic carbocycles. The van der Waals surface area contributed by atoms with E-state index in [-0.39, 0.29) is 29.8 Å². The highest BCUT2D eigenvalue weighted by molar-refractivity contribution is 5.91. The van der Waals surface area contributed by atoms with Crippen molar-refractivity contribution < 1.29 is 36.2 Å². The Balaban J connectivity index is 1.37. The first-order valence-electron chi connectivity index (χ1n) is 13.8. The summed E-state index contributed by atoms with van der Waals surface area (Å²) in [5.41, 5.74) is 0.878. The van der Waals surface area contributed by atoms with E-state index >= 15 is 0 Å². The quantitative estimate of drug-likeness (QED) is 0.107. The van der Waals surface area contributed by atoms with Crippen LogP contribution in [0, 0.1) is 36.0 Å². The minimum Gasteiger partial charge on any atom is -0.490 e. The summed E-state index contributed by atoms with van der Waals surface area (Å²) in [5.74, 6) is -7.39. The summed E-state index contributed by atoms with van der Waals surface area (Å²) in [6.07, 6.45) is 6.17. The molecule has 0 aromatic heterocycles. The number of carbonyl (C=O) groups excluding carboxylic acids is 1. The van der Waals surface area contributed by atoms with E-state index in [4.69, 9.17) is 9.47 Å². The first-order valence-corrected chi connectivity index (χ1v) is 13.8. The van der Waals surface area contributed by atoms with Crippen molar-refractivity contribution in [3.63, 3.8) is 0 Å². The summed E-state index contributed by atoms with van der Waals surface area (Å²) < 4.78 is 82.6. The van der Waals surface area contributed by atoms with E-state index in [9.17, 15) is 26.7 Å². The SMILES string of the molecule is CCCCCCOc1ccc(OC(=O)c2ccc(C3CCC(c4ccc(C)c(F)c4F)CC3)cc2F)c(F)c1F. The third kappa shape index (κ3) is 6.65. The molecule has 1 fully saturated rings. The van der Waals surface area contributed by atoms with Gasteiger partial charge in [-0.1, -0.05) is 44.4 Å². The molecule has 3 aromatic carbocycles. The fourth-order valence-electron chi connectivity index (χ4n) is 5.23. The highest BCUT2D eigenvalue weighted by Gasteiger charge is 2.28. The Bertz CT molecular complexity index is 1350. The van der Waals surface area contributed by atoms with Crippen molar-refractivity contribution in [3.05, 3.63) is 93.8 Å². The topological polar surface area (TPSA) is 35.5 Å². The summed E-state index contributed by atoms with van der Waals surface area (Å²) in [4.78, 5) is 12.6. The molecule has 1 aliphatic rings. The summed E-state index contributed by atoms with van der Waals surface area (Å²) >= 11 is 0. The molecule has 0 bridgehead atoms. The van der Waals surface area contributed by atoms with Gasteiger partial charge in [-0.25, -0.2) is 18.0 Å². The lowest BCUT2D eigenvalue weighted by molar-refractivity contribution is 0.0721. The second kappa shape index (κ2) is 13.3. The predicted molar refractivity (Wildman–Crippen MR) is 142 cm³/mol. The molecule has 0 amide bonds. The molecule has 8 heteroatoms. The molecule has 0 N–H and O–H groups in total. The van der Waals surface area contributed by atoms with Gasteiger partial charge in [-0.05, 0) is 91.8 Å². The average molecular weight is 561 g/mol. The Kier molecular flexibility index (Phi) is 9.82. The summed E-state index contributed by atoms with van der Waals surface area (Å²) in [5, 5.41) is 0. The van der Waals surface area contributed by atoms with Crippen molar-refractivity contribution in [1.29, 1.82) is 0 Å². The second-order valence-electron chi connectivity index (χ2n) is 10.4. The van der Waals surface area contributed by atoms with Crippen LogP contribution in [0.4, 0.5) is 22.0 Å². The zero-order chi connectivity index (χ0) is 28.8. The third-order valence-electron chi connectivity index (χ3n) is 7.63. The highest BCUT2D eigenvalue weighted by Crippen LogP contribution is 2.42. The van der Waals surface area contributed by atoms with Crippen LogP contribution < -0.4 is 9.47 Å². The van der Waals surface area contributed by atoms with Crippen LogP contribution >= 0.6 is 0 Å². The number of carbonyl (C=O) groups is 1. The molecule has 0 spiro atoms. The molecule has 1 saturated carbocycles. The van der Waals surface area contributed by atoms with E-state index in [1.807, 2.05) is 0 Å². The summed E-state index contributed by atoms with van der Waals surface area (Å²) in [6, 6.07) is 9.55. The largest absolute Gasteiger partial charge is 0.490 e. The van der Waals surface area contributed by atoms with E-state index < -0.39 is 46.4 Å². The van der Waals surface area contributed by atoms with E-state index in [2.05, 4.69) is 6.92 Å². The van der Waals surface area contributed by atoms with Crippen LogP contribution in [-0.4, -0.2) is 12.6 Å². The molecule has 3 aromatic rings. The van der Waals surface area contributed by atoms with Gasteiger partial charge >= 0.3 is 5.97 Å². The zero-order valence-electron chi connectivity index (χ0n) is 22.7. The number of benzene rings is 3. The number of aryl methyl sites for hydroxylation is 1. The standard InChI is InChI=1S/C32H33F5O3/c1-3-4-5-6-17-39-26-15-16-27(31(37)30(26)36)40-32(38)24-14-12-22(18-25(24)33)20-8-10-21(11-9-20)23-13-7-19(2)28(34)29(23)35/h7,12-16,18,20-21H,3-6,8-11,17H2,1-2H3. The lowest BCUT2D eigenvalue weighted by Crippen LogP contribution is -2.15. The van der Waals surface area contributed by atoms with Crippen LogP contribution in [0.5, 0.6) is 11.5 Å². The summed E-state index contributed by atoms with van der Waals surface area (Å²) in [7, 11) is 0. The Morgan fingerprint density at radius 2 is 1.45 bits per heavy atom. The number of halogens is 5. The Morgan fingerprint density at radius 1 is 0.775 bits per heavy atom. The number of rotatable bonds is 10. The lowest BCUT2D eigenvalue weighted by atomic mass is 9.76. The molecular weight excluding hydrogens is 527 g/mol. The van der Waals surface area contributed by atoms with Gasteiger partial charge in [0.15, 0.2) is 23.1 Å². The summed E-state index contributed by atoms with van der Waals surface area (Å²) in [6.45, 7) is 3.81. The van der Waals surface area contributed by atoms with Gasteiger partial charge in [0.05, 0.1) is 12.2 Å². The fourth-order valence-corrected chi connectivity index (χ4v) is 5.23. The van der Waals surface area contributed by atoms with Crippen molar-refractivity contribution in [2.45, 2.75) is 77.0 Å². The van der Waals surface area contributed by atoms with Crippen molar-refractivity contribution >= 4 is 5.97 Å². The van der Waals surface area contributed by atoms with Crippen LogP contribution in [-0.2, 0) is 0 Å². The van der Waals surface area contributed by atoms with Gasteiger partial charge < -0.3 is 9.47 Å². The maximum Gasteiger partial charge on any atom is 0.346 e. The maximum absolute atomic E-state index is 14.9. The maximum atomic E-state index is 14.9. The first-order chi connectivity index (χ1) is 19.2. The number of ether oxygens (including phenoxy) is 2. The van der Waals surface area contributed by atoms with Crippen molar-refractivity contribution in [2.75, 3.05) is 6.61 Å².